The lowest BCUT2D eigenvalue weighted by atomic mass is 10.1. The molecule has 0 radical (unpaired) electrons. The van der Waals surface area contributed by atoms with Crippen LogP contribution in [0, 0.1) is 12.7 Å². The van der Waals surface area contributed by atoms with Crippen LogP contribution in [-0.4, -0.2) is 21.0 Å². The molecule has 0 saturated heterocycles. The largest absolute Gasteiger partial charge is 0.478 e. The average molecular weight is 261 g/mol. The smallest absolute Gasteiger partial charge is 0.335 e. The predicted molar refractivity (Wildman–Crippen MR) is 67.5 cm³/mol. The van der Waals surface area contributed by atoms with Crippen LogP contribution in [-0.2, 0) is 6.54 Å². The average Bonchev–Trinajstić information content (AvgIpc) is 2.41. The number of nitrogens with one attached hydrogen (secondary N) is 1. The second kappa shape index (κ2) is 5.43. The highest BCUT2D eigenvalue weighted by molar-refractivity contribution is 5.87. The Kier molecular flexibility index (Phi) is 3.70. The van der Waals surface area contributed by atoms with Gasteiger partial charge in [0.05, 0.1) is 11.3 Å². The molecule has 2 N–H and O–H groups in total. The van der Waals surface area contributed by atoms with E-state index in [1.165, 1.54) is 18.5 Å². The van der Waals surface area contributed by atoms with E-state index in [9.17, 15) is 9.18 Å². The van der Waals surface area contributed by atoms with Crippen LogP contribution >= 0.6 is 0 Å². The number of aromatic nitrogens is 2. The van der Waals surface area contributed by atoms with Gasteiger partial charge in [-0.1, -0.05) is 12.1 Å². The SMILES string of the molecule is Cc1ncnc(NCc2cccc(C(=O)O)c2)c1F. The van der Waals surface area contributed by atoms with Crippen molar-refractivity contribution in [3.8, 4) is 0 Å². The number of hydrogen-bond acceptors (Lipinski definition) is 4. The quantitative estimate of drug-likeness (QED) is 0.882. The van der Waals surface area contributed by atoms with Gasteiger partial charge in [-0.2, -0.15) is 0 Å². The summed E-state index contributed by atoms with van der Waals surface area (Å²) in [7, 11) is 0. The highest BCUT2D eigenvalue weighted by atomic mass is 19.1. The van der Waals surface area contributed by atoms with Gasteiger partial charge in [0.1, 0.15) is 6.33 Å². The fraction of sp³-hybridized carbons (Fsp3) is 0.154. The summed E-state index contributed by atoms with van der Waals surface area (Å²) in [5, 5.41) is 11.7. The molecule has 0 amide bonds. The number of aryl methyl sites for hydroxylation is 1. The van der Waals surface area contributed by atoms with Crippen LogP contribution in [0.5, 0.6) is 0 Å². The Hall–Kier alpha value is -2.50. The molecule has 0 atom stereocenters. The molecule has 2 rings (SSSR count). The van der Waals surface area contributed by atoms with Gasteiger partial charge in [-0.15, -0.1) is 0 Å². The number of carboxylic acids is 1. The molecule has 1 aromatic heterocycles. The van der Waals surface area contributed by atoms with E-state index in [-0.39, 0.29) is 23.6 Å². The summed E-state index contributed by atoms with van der Waals surface area (Å²) in [6.45, 7) is 1.84. The van der Waals surface area contributed by atoms with Crippen molar-refractivity contribution in [2.75, 3.05) is 5.32 Å². The van der Waals surface area contributed by atoms with E-state index in [0.29, 0.717) is 0 Å². The maximum Gasteiger partial charge on any atom is 0.335 e. The lowest BCUT2D eigenvalue weighted by molar-refractivity contribution is 0.0697. The molecular weight excluding hydrogens is 249 g/mol. The van der Waals surface area contributed by atoms with E-state index >= 15 is 0 Å². The summed E-state index contributed by atoms with van der Waals surface area (Å²) in [5.41, 5.74) is 1.19. The van der Waals surface area contributed by atoms with Crippen molar-refractivity contribution in [1.29, 1.82) is 0 Å². The number of halogens is 1. The monoisotopic (exact) mass is 261 g/mol. The van der Waals surface area contributed by atoms with Crippen molar-refractivity contribution in [2.24, 2.45) is 0 Å². The maximum atomic E-state index is 13.6. The summed E-state index contributed by atoms with van der Waals surface area (Å²) in [5.74, 6) is -1.39. The maximum absolute atomic E-state index is 13.6. The van der Waals surface area contributed by atoms with Gasteiger partial charge in [-0.3, -0.25) is 0 Å². The number of hydrogen-bond donors (Lipinski definition) is 2. The molecule has 0 bridgehead atoms. The topological polar surface area (TPSA) is 75.1 Å². The zero-order valence-corrected chi connectivity index (χ0v) is 10.2. The van der Waals surface area contributed by atoms with Gasteiger partial charge in [-0.25, -0.2) is 19.2 Å². The third-order valence-corrected chi connectivity index (χ3v) is 2.60. The number of nitrogens with zero attached hydrogens (tertiary/aromatic N) is 2. The number of rotatable bonds is 4. The normalized spacial score (nSPS) is 10.2. The Labute approximate surface area is 109 Å². The van der Waals surface area contributed by atoms with Crippen LogP contribution in [0.2, 0.25) is 0 Å². The lowest BCUT2D eigenvalue weighted by Crippen LogP contribution is -2.06. The van der Waals surface area contributed by atoms with Gasteiger partial charge < -0.3 is 10.4 Å². The second-order valence-electron chi connectivity index (χ2n) is 3.98. The summed E-state index contributed by atoms with van der Waals surface area (Å²) < 4.78 is 13.6. The third kappa shape index (κ3) is 3.04. The van der Waals surface area contributed by atoms with Crippen molar-refractivity contribution < 1.29 is 14.3 Å². The van der Waals surface area contributed by atoms with E-state index in [1.807, 2.05) is 0 Å². The molecule has 19 heavy (non-hydrogen) atoms. The molecule has 6 heteroatoms. The van der Waals surface area contributed by atoms with Crippen LogP contribution in [0.25, 0.3) is 0 Å². The fourth-order valence-corrected chi connectivity index (χ4v) is 1.58. The second-order valence-corrected chi connectivity index (χ2v) is 3.98. The van der Waals surface area contributed by atoms with Crippen molar-refractivity contribution >= 4 is 11.8 Å². The molecule has 0 spiro atoms. The molecule has 0 aliphatic carbocycles. The van der Waals surface area contributed by atoms with Gasteiger partial charge in [0, 0.05) is 6.54 Å². The van der Waals surface area contributed by atoms with Crippen LogP contribution < -0.4 is 5.32 Å². The van der Waals surface area contributed by atoms with Crippen molar-refractivity contribution in [2.45, 2.75) is 13.5 Å². The van der Waals surface area contributed by atoms with Gasteiger partial charge >= 0.3 is 5.97 Å². The standard InChI is InChI=1S/C13H12FN3O2/c1-8-11(14)12(17-7-16-8)15-6-9-3-2-4-10(5-9)13(18)19/h2-5,7H,6H2,1H3,(H,18,19)(H,15,16,17). The molecule has 2 aromatic rings. The Morgan fingerprint density at radius 3 is 2.95 bits per heavy atom. The first kappa shape index (κ1) is 12.9. The minimum Gasteiger partial charge on any atom is -0.478 e. The molecule has 0 aliphatic heterocycles. The molecule has 0 saturated carbocycles. The van der Waals surface area contributed by atoms with E-state index in [2.05, 4.69) is 15.3 Å². The third-order valence-electron chi connectivity index (χ3n) is 2.60. The van der Waals surface area contributed by atoms with Crippen molar-refractivity contribution in [3.05, 3.63) is 53.2 Å². The molecule has 98 valence electrons. The minimum atomic E-state index is -0.995. The predicted octanol–water partition coefficient (Wildman–Crippen LogP) is 2.23. The van der Waals surface area contributed by atoms with E-state index in [0.717, 1.165) is 5.56 Å². The van der Waals surface area contributed by atoms with E-state index in [4.69, 9.17) is 5.11 Å². The van der Waals surface area contributed by atoms with Gasteiger partial charge in [0.15, 0.2) is 11.6 Å². The summed E-state index contributed by atoms with van der Waals surface area (Å²) in [4.78, 5) is 18.4. The number of carbonyl (C=O) groups is 1. The lowest BCUT2D eigenvalue weighted by Gasteiger charge is -2.08. The molecular formula is C13H12FN3O2. The minimum absolute atomic E-state index is 0.105. The van der Waals surface area contributed by atoms with Gasteiger partial charge in [-0.05, 0) is 24.6 Å². The molecule has 0 fully saturated rings. The van der Waals surface area contributed by atoms with Crippen LogP contribution in [0.3, 0.4) is 0 Å². The Bertz CT molecular complexity index is 617. The molecule has 1 heterocycles. The van der Waals surface area contributed by atoms with Crippen LogP contribution in [0.15, 0.2) is 30.6 Å². The fourth-order valence-electron chi connectivity index (χ4n) is 1.58. The van der Waals surface area contributed by atoms with E-state index in [1.54, 1.807) is 19.1 Å². The summed E-state index contributed by atoms with van der Waals surface area (Å²) >= 11 is 0. The number of aromatic carboxylic acids is 1. The molecule has 0 aliphatic rings. The number of anilines is 1. The van der Waals surface area contributed by atoms with E-state index < -0.39 is 11.8 Å². The Balaban J connectivity index is 2.12. The van der Waals surface area contributed by atoms with Crippen molar-refractivity contribution in [3.63, 3.8) is 0 Å². The van der Waals surface area contributed by atoms with Crippen molar-refractivity contribution in [1.82, 2.24) is 9.97 Å². The number of carboxylic acid groups (broad SMARTS) is 1. The Morgan fingerprint density at radius 1 is 1.42 bits per heavy atom. The van der Waals surface area contributed by atoms with Gasteiger partial charge in [0.2, 0.25) is 0 Å². The highest BCUT2D eigenvalue weighted by Gasteiger charge is 2.08. The molecule has 0 unspecified atom stereocenters. The molecule has 5 nitrogen and oxygen atoms in total. The van der Waals surface area contributed by atoms with Crippen LogP contribution in [0.4, 0.5) is 10.2 Å². The Morgan fingerprint density at radius 2 is 2.21 bits per heavy atom. The zero-order valence-electron chi connectivity index (χ0n) is 10.2. The molecule has 1 aromatic carbocycles. The number of benzene rings is 1. The first-order valence-electron chi connectivity index (χ1n) is 5.61. The summed E-state index contributed by atoms with van der Waals surface area (Å²) in [6.07, 6.45) is 1.27. The van der Waals surface area contributed by atoms with Gasteiger partial charge in [0.25, 0.3) is 0 Å². The van der Waals surface area contributed by atoms with Crippen LogP contribution in [0.1, 0.15) is 21.6 Å². The first-order chi connectivity index (χ1) is 9.08. The summed E-state index contributed by atoms with van der Waals surface area (Å²) in [6, 6.07) is 6.43. The first-order valence-corrected chi connectivity index (χ1v) is 5.61. The zero-order chi connectivity index (χ0) is 13.8. The highest BCUT2D eigenvalue weighted by Crippen LogP contribution is 2.13.